The first-order valence-electron chi connectivity index (χ1n) is 5.77. The van der Waals surface area contributed by atoms with Crippen LogP contribution >= 0.6 is 11.8 Å². The molecule has 2 nitrogen and oxygen atoms in total. The van der Waals surface area contributed by atoms with Crippen molar-refractivity contribution in [2.45, 2.75) is 11.5 Å². The molecule has 2 rings (SSSR count). The predicted molar refractivity (Wildman–Crippen MR) is 74.1 cm³/mol. The number of aliphatic hydroxyl groups excluding tert-OH is 1. The average Bonchev–Trinajstić information content (AvgIpc) is 2.89. The Morgan fingerprint density at radius 3 is 2.89 bits per heavy atom. The quantitative estimate of drug-likeness (QED) is 0.871. The van der Waals surface area contributed by atoms with Gasteiger partial charge in [0, 0.05) is 11.3 Å². The molecule has 2 aromatic rings. The Bertz CT molecular complexity index is 582. The van der Waals surface area contributed by atoms with Crippen molar-refractivity contribution in [1.82, 2.24) is 0 Å². The second-order valence-electron chi connectivity index (χ2n) is 3.88. The summed E-state index contributed by atoms with van der Waals surface area (Å²) < 4.78 is 18.6. The minimum Gasteiger partial charge on any atom is -0.468 e. The summed E-state index contributed by atoms with van der Waals surface area (Å²) in [7, 11) is 0. The number of benzene rings is 1. The third-order valence-corrected chi connectivity index (χ3v) is 3.39. The van der Waals surface area contributed by atoms with Crippen LogP contribution in [-0.4, -0.2) is 11.7 Å². The fourth-order valence-corrected chi connectivity index (χ4v) is 2.48. The van der Waals surface area contributed by atoms with Crippen LogP contribution in [0.15, 0.2) is 41.0 Å². The lowest BCUT2D eigenvalue weighted by atomic mass is 10.1. The molecule has 0 bridgehead atoms. The first-order chi connectivity index (χ1) is 9.28. The van der Waals surface area contributed by atoms with Crippen LogP contribution in [-0.2, 0) is 11.5 Å². The van der Waals surface area contributed by atoms with Crippen molar-refractivity contribution < 1.29 is 13.9 Å². The summed E-state index contributed by atoms with van der Waals surface area (Å²) in [5.41, 5.74) is 1.46. The molecule has 98 valence electrons. The summed E-state index contributed by atoms with van der Waals surface area (Å²) in [6, 6.07) is 8.46. The number of halogens is 1. The Hall–Kier alpha value is -1.70. The van der Waals surface area contributed by atoms with Crippen LogP contribution in [0.25, 0.3) is 0 Å². The molecule has 0 radical (unpaired) electrons. The van der Waals surface area contributed by atoms with Crippen molar-refractivity contribution in [3.05, 3.63) is 59.3 Å². The van der Waals surface area contributed by atoms with Crippen molar-refractivity contribution in [3.8, 4) is 11.8 Å². The molecule has 1 aromatic heterocycles. The van der Waals surface area contributed by atoms with Gasteiger partial charge in [-0.05, 0) is 35.9 Å². The van der Waals surface area contributed by atoms with Gasteiger partial charge in [0.25, 0.3) is 0 Å². The Kier molecular flexibility index (Phi) is 5.08. The number of thioether (sulfide) groups is 1. The molecule has 0 aliphatic rings. The van der Waals surface area contributed by atoms with E-state index in [1.54, 1.807) is 18.0 Å². The number of rotatable bonds is 4. The average molecular weight is 276 g/mol. The van der Waals surface area contributed by atoms with Gasteiger partial charge in [-0.3, -0.25) is 0 Å². The highest BCUT2D eigenvalue weighted by atomic mass is 32.2. The minimum absolute atomic E-state index is 0.223. The van der Waals surface area contributed by atoms with Crippen molar-refractivity contribution >= 4 is 11.8 Å². The van der Waals surface area contributed by atoms with E-state index < -0.39 is 0 Å². The van der Waals surface area contributed by atoms with E-state index in [2.05, 4.69) is 11.8 Å². The Balaban J connectivity index is 1.97. The van der Waals surface area contributed by atoms with Gasteiger partial charge >= 0.3 is 0 Å². The lowest BCUT2D eigenvalue weighted by Gasteiger charge is -2.02. The van der Waals surface area contributed by atoms with Crippen molar-refractivity contribution in [3.63, 3.8) is 0 Å². The first-order valence-corrected chi connectivity index (χ1v) is 6.93. The zero-order valence-corrected chi connectivity index (χ0v) is 11.0. The fraction of sp³-hybridized carbons (Fsp3) is 0.200. The van der Waals surface area contributed by atoms with Gasteiger partial charge in [-0.25, -0.2) is 4.39 Å². The summed E-state index contributed by atoms with van der Waals surface area (Å²) in [5, 5.41) is 8.63. The molecule has 19 heavy (non-hydrogen) atoms. The maximum Gasteiger partial charge on any atom is 0.124 e. The summed E-state index contributed by atoms with van der Waals surface area (Å²) >= 11 is 1.65. The molecule has 0 fully saturated rings. The molecule has 0 aliphatic carbocycles. The van der Waals surface area contributed by atoms with Crippen LogP contribution in [0, 0.1) is 17.7 Å². The van der Waals surface area contributed by atoms with E-state index in [1.165, 1.54) is 12.1 Å². The molecule has 4 heteroatoms. The van der Waals surface area contributed by atoms with Crippen LogP contribution in [0.4, 0.5) is 4.39 Å². The molecule has 1 aromatic carbocycles. The van der Waals surface area contributed by atoms with Crippen molar-refractivity contribution in [1.29, 1.82) is 0 Å². The summed E-state index contributed by atoms with van der Waals surface area (Å²) in [5.74, 6) is 7.26. The van der Waals surface area contributed by atoms with Crippen molar-refractivity contribution in [2.24, 2.45) is 0 Å². The Labute approximate surface area is 115 Å². The number of furan rings is 1. The summed E-state index contributed by atoms with van der Waals surface area (Å²) in [6.07, 6.45) is 1.64. The molecule has 0 saturated heterocycles. The van der Waals surface area contributed by atoms with Gasteiger partial charge in [-0.1, -0.05) is 11.8 Å². The largest absolute Gasteiger partial charge is 0.468 e. The van der Waals surface area contributed by atoms with Gasteiger partial charge in [0.05, 0.1) is 12.0 Å². The zero-order chi connectivity index (χ0) is 13.5. The molecular formula is C15H13FO2S. The minimum atomic E-state index is -0.307. The fourth-order valence-electron chi connectivity index (χ4n) is 1.61. The van der Waals surface area contributed by atoms with Gasteiger partial charge in [0.1, 0.15) is 18.2 Å². The van der Waals surface area contributed by atoms with Gasteiger partial charge < -0.3 is 9.52 Å². The zero-order valence-electron chi connectivity index (χ0n) is 10.2. The monoisotopic (exact) mass is 276 g/mol. The van der Waals surface area contributed by atoms with E-state index in [0.717, 1.165) is 17.1 Å². The van der Waals surface area contributed by atoms with Gasteiger partial charge in [-0.15, -0.1) is 11.8 Å². The second-order valence-corrected chi connectivity index (χ2v) is 4.87. The third kappa shape index (κ3) is 4.47. The topological polar surface area (TPSA) is 33.4 Å². The van der Waals surface area contributed by atoms with Crippen LogP contribution in [0.2, 0.25) is 0 Å². The standard InChI is InChI=1S/C15H13FO2S/c16-14-8-12(3-1-5-17)7-13(9-14)10-19-11-15-4-2-6-18-15/h2,4,6-9,17H,5,10-11H2. The van der Waals surface area contributed by atoms with Crippen LogP contribution in [0.5, 0.6) is 0 Å². The first kappa shape index (κ1) is 13.7. The van der Waals surface area contributed by atoms with E-state index in [-0.39, 0.29) is 12.4 Å². The molecule has 0 saturated carbocycles. The van der Waals surface area contributed by atoms with Gasteiger partial charge in [-0.2, -0.15) is 0 Å². The molecule has 1 heterocycles. The van der Waals surface area contributed by atoms with Crippen molar-refractivity contribution in [2.75, 3.05) is 6.61 Å². The van der Waals surface area contributed by atoms with E-state index in [4.69, 9.17) is 9.52 Å². The van der Waals surface area contributed by atoms with Crippen LogP contribution < -0.4 is 0 Å². The summed E-state index contributed by atoms with van der Waals surface area (Å²) in [6.45, 7) is -0.223. The van der Waals surface area contributed by atoms with Crippen LogP contribution in [0.3, 0.4) is 0 Å². The Morgan fingerprint density at radius 1 is 1.26 bits per heavy atom. The normalized spacial score (nSPS) is 10.0. The number of hydrogen-bond donors (Lipinski definition) is 1. The lowest BCUT2D eigenvalue weighted by Crippen LogP contribution is -1.88. The molecule has 1 N–H and O–H groups in total. The van der Waals surface area contributed by atoms with Crippen LogP contribution in [0.1, 0.15) is 16.9 Å². The number of hydrogen-bond acceptors (Lipinski definition) is 3. The Morgan fingerprint density at radius 2 is 2.16 bits per heavy atom. The summed E-state index contributed by atoms with van der Waals surface area (Å²) in [4.78, 5) is 0. The molecule has 0 amide bonds. The van der Waals surface area contributed by atoms with E-state index in [0.29, 0.717) is 11.3 Å². The third-order valence-electron chi connectivity index (χ3n) is 2.36. The van der Waals surface area contributed by atoms with Gasteiger partial charge in [0.2, 0.25) is 0 Å². The predicted octanol–water partition coefficient (Wildman–Crippen LogP) is 3.20. The highest BCUT2D eigenvalue weighted by molar-refractivity contribution is 7.97. The SMILES string of the molecule is OCC#Cc1cc(F)cc(CSCc2ccco2)c1. The molecular weight excluding hydrogens is 263 g/mol. The lowest BCUT2D eigenvalue weighted by molar-refractivity contribution is 0.350. The maximum atomic E-state index is 13.4. The highest BCUT2D eigenvalue weighted by Gasteiger charge is 2.01. The van der Waals surface area contributed by atoms with E-state index in [9.17, 15) is 4.39 Å². The number of aliphatic hydroxyl groups is 1. The maximum absolute atomic E-state index is 13.4. The smallest absolute Gasteiger partial charge is 0.124 e. The molecule has 0 spiro atoms. The highest BCUT2D eigenvalue weighted by Crippen LogP contribution is 2.19. The molecule has 0 unspecified atom stereocenters. The van der Waals surface area contributed by atoms with E-state index >= 15 is 0 Å². The molecule has 0 atom stereocenters. The second kappa shape index (κ2) is 7.03. The van der Waals surface area contributed by atoms with E-state index in [1.807, 2.05) is 18.2 Å². The molecule has 0 aliphatic heterocycles. The van der Waals surface area contributed by atoms with Gasteiger partial charge in [0.15, 0.2) is 0 Å².